The molecule has 0 unspecified atom stereocenters. The summed E-state index contributed by atoms with van der Waals surface area (Å²) in [5.74, 6) is 1.44. The SMILES string of the molecule is COc1ccc(OC)c(C(=O)C2(C)CCNCC2)c1. The molecule has 4 heteroatoms. The lowest BCUT2D eigenvalue weighted by atomic mass is 9.75. The van der Waals surface area contributed by atoms with Crippen LogP contribution >= 0.6 is 0 Å². The summed E-state index contributed by atoms with van der Waals surface area (Å²) in [7, 11) is 3.19. The molecule has 1 N–H and O–H groups in total. The van der Waals surface area contributed by atoms with Crippen LogP contribution in [0.1, 0.15) is 30.1 Å². The van der Waals surface area contributed by atoms with Gasteiger partial charge in [0.05, 0.1) is 19.8 Å². The maximum Gasteiger partial charge on any atom is 0.172 e. The highest BCUT2D eigenvalue weighted by Crippen LogP contribution is 2.36. The van der Waals surface area contributed by atoms with E-state index in [4.69, 9.17) is 9.47 Å². The van der Waals surface area contributed by atoms with Crippen LogP contribution in [0.3, 0.4) is 0 Å². The van der Waals surface area contributed by atoms with Crippen molar-refractivity contribution in [2.24, 2.45) is 5.41 Å². The Morgan fingerprint density at radius 2 is 1.89 bits per heavy atom. The van der Waals surface area contributed by atoms with Crippen molar-refractivity contribution in [1.82, 2.24) is 5.32 Å². The third-order valence-corrected chi connectivity index (χ3v) is 3.91. The fourth-order valence-corrected chi connectivity index (χ4v) is 2.52. The molecule has 1 aromatic rings. The highest BCUT2D eigenvalue weighted by Gasteiger charge is 2.36. The maximum atomic E-state index is 12.8. The summed E-state index contributed by atoms with van der Waals surface area (Å²) in [6.45, 7) is 3.80. The Labute approximate surface area is 114 Å². The average Bonchev–Trinajstić information content (AvgIpc) is 2.46. The van der Waals surface area contributed by atoms with E-state index in [2.05, 4.69) is 5.32 Å². The minimum Gasteiger partial charge on any atom is -0.497 e. The van der Waals surface area contributed by atoms with Gasteiger partial charge in [-0.15, -0.1) is 0 Å². The van der Waals surface area contributed by atoms with Crippen LogP contribution in [0.15, 0.2) is 18.2 Å². The van der Waals surface area contributed by atoms with Crippen molar-refractivity contribution >= 4 is 5.78 Å². The Bertz CT molecular complexity index is 464. The van der Waals surface area contributed by atoms with Crippen LogP contribution in [-0.4, -0.2) is 33.1 Å². The highest BCUT2D eigenvalue weighted by atomic mass is 16.5. The van der Waals surface area contributed by atoms with E-state index in [1.165, 1.54) is 0 Å². The quantitative estimate of drug-likeness (QED) is 0.847. The lowest BCUT2D eigenvalue weighted by molar-refractivity contribution is 0.0758. The number of ketones is 1. The van der Waals surface area contributed by atoms with E-state index in [0.717, 1.165) is 25.9 Å². The molecule has 0 amide bonds. The summed E-state index contributed by atoms with van der Waals surface area (Å²) in [5, 5.41) is 3.29. The molecule has 1 saturated heterocycles. The second-order valence-corrected chi connectivity index (χ2v) is 5.21. The Balaban J connectivity index is 2.36. The molecule has 0 saturated carbocycles. The molecule has 0 radical (unpaired) electrons. The van der Waals surface area contributed by atoms with Gasteiger partial charge in [0, 0.05) is 5.41 Å². The first-order chi connectivity index (χ1) is 9.10. The fraction of sp³-hybridized carbons (Fsp3) is 0.533. The van der Waals surface area contributed by atoms with E-state index in [0.29, 0.717) is 17.1 Å². The second-order valence-electron chi connectivity index (χ2n) is 5.21. The number of hydrogen-bond acceptors (Lipinski definition) is 4. The Morgan fingerprint density at radius 3 is 2.47 bits per heavy atom. The first-order valence-corrected chi connectivity index (χ1v) is 6.58. The number of hydrogen-bond donors (Lipinski definition) is 1. The number of carbonyl (C=O) groups excluding carboxylic acids is 1. The molecule has 0 bridgehead atoms. The summed E-state index contributed by atoms with van der Waals surface area (Å²) in [4.78, 5) is 12.8. The number of Topliss-reactive ketones (excluding diaryl/α,β-unsaturated/α-hetero) is 1. The van der Waals surface area contributed by atoms with Crippen LogP contribution < -0.4 is 14.8 Å². The van der Waals surface area contributed by atoms with Gasteiger partial charge in [-0.2, -0.15) is 0 Å². The van der Waals surface area contributed by atoms with E-state index >= 15 is 0 Å². The molecule has 0 atom stereocenters. The maximum absolute atomic E-state index is 12.8. The minimum absolute atomic E-state index is 0.143. The van der Waals surface area contributed by atoms with Crippen molar-refractivity contribution in [3.05, 3.63) is 23.8 Å². The van der Waals surface area contributed by atoms with Gasteiger partial charge in [-0.3, -0.25) is 4.79 Å². The molecule has 1 aliphatic rings. The summed E-state index contributed by atoms with van der Waals surface area (Å²) in [6.07, 6.45) is 1.71. The van der Waals surface area contributed by atoms with Gasteiger partial charge in [0.15, 0.2) is 5.78 Å². The number of methoxy groups -OCH3 is 2. The fourth-order valence-electron chi connectivity index (χ4n) is 2.52. The number of nitrogens with one attached hydrogen (secondary N) is 1. The zero-order chi connectivity index (χ0) is 13.9. The molecule has 1 aromatic carbocycles. The molecule has 0 aliphatic carbocycles. The summed E-state index contributed by atoms with van der Waals surface area (Å²) in [6, 6.07) is 5.37. The predicted octanol–water partition coefficient (Wildman–Crippen LogP) is 2.28. The van der Waals surface area contributed by atoms with Gasteiger partial charge >= 0.3 is 0 Å². The molecule has 0 spiro atoms. The smallest absolute Gasteiger partial charge is 0.172 e. The number of ether oxygens (including phenoxy) is 2. The van der Waals surface area contributed by atoms with Crippen molar-refractivity contribution in [2.45, 2.75) is 19.8 Å². The van der Waals surface area contributed by atoms with Crippen molar-refractivity contribution in [2.75, 3.05) is 27.3 Å². The molecular weight excluding hydrogens is 242 g/mol. The van der Waals surface area contributed by atoms with Crippen LogP contribution in [0.5, 0.6) is 11.5 Å². The van der Waals surface area contributed by atoms with Crippen molar-refractivity contribution < 1.29 is 14.3 Å². The van der Waals surface area contributed by atoms with Crippen LogP contribution in [0.4, 0.5) is 0 Å². The monoisotopic (exact) mass is 263 g/mol. The summed E-state index contributed by atoms with van der Waals surface area (Å²) in [5.41, 5.74) is 0.302. The van der Waals surface area contributed by atoms with Gasteiger partial charge < -0.3 is 14.8 Å². The first kappa shape index (κ1) is 13.9. The number of carbonyl (C=O) groups is 1. The predicted molar refractivity (Wildman–Crippen MR) is 74.1 cm³/mol. The first-order valence-electron chi connectivity index (χ1n) is 6.58. The van der Waals surface area contributed by atoms with Gasteiger partial charge in [-0.05, 0) is 44.1 Å². The number of piperidine rings is 1. The minimum atomic E-state index is -0.315. The third-order valence-electron chi connectivity index (χ3n) is 3.91. The summed E-state index contributed by atoms with van der Waals surface area (Å²) >= 11 is 0. The van der Waals surface area contributed by atoms with E-state index in [1.807, 2.05) is 6.92 Å². The second kappa shape index (κ2) is 5.61. The van der Waals surface area contributed by atoms with Crippen LogP contribution in [0.25, 0.3) is 0 Å². The molecule has 1 fully saturated rings. The van der Waals surface area contributed by atoms with Crippen molar-refractivity contribution in [3.63, 3.8) is 0 Å². The molecule has 0 aromatic heterocycles. The molecular formula is C15H21NO3. The lowest BCUT2D eigenvalue weighted by Gasteiger charge is -2.33. The average molecular weight is 263 g/mol. The normalized spacial score (nSPS) is 17.8. The number of benzene rings is 1. The van der Waals surface area contributed by atoms with Crippen molar-refractivity contribution in [3.8, 4) is 11.5 Å². The molecule has 104 valence electrons. The van der Waals surface area contributed by atoms with E-state index in [1.54, 1.807) is 32.4 Å². The lowest BCUT2D eigenvalue weighted by Crippen LogP contribution is -2.40. The highest BCUT2D eigenvalue weighted by molar-refractivity contribution is 6.03. The zero-order valence-electron chi connectivity index (χ0n) is 11.8. The van der Waals surface area contributed by atoms with E-state index in [9.17, 15) is 4.79 Å². The largest absolute Gasteiger partial charge is 0.497 e. The number of rotatable bonds is 4. The topological polar surface area (TPSA) is 47.6 Å². The molecule has 19 heavy (non-hydrogen) atoms. The molecule has 1 heterocycles. The van der Waals surface area contributed by atoms with E-state index in [-0.39, 0.29) is 11.2 Å². The standard InChI is InChI=1S/C15H21NO3/c1-15(6-8-16-9-7-15)14(17)12-10-11(18-2)4-5-13(12)19-3/h4-5,10,16H,6-9H2,1-3H3. The van der Waals surface area contributed by atoms with Crippen LogP contribution in [-0.2, 0) is 0 Å². The Kier molecular flexibility index (Phi) is 4.10. The van der Waals surface area contributed by atoms with Gasteiger partial charge in [0.1, 0.15) is 11.5 Å². The van der Waals surface area contributed by atoms with Gasteiger partial charge in [0.25, 0.3) is 0 Å². The third kappa shape index (κ3) is 2.73. The van der Waals surface area contributed by atoms with E-state index < -0.39 is 0 Å². The van der Waals surface area contributed by atoms with Gasteiger partial charge in [-0.1, -0.05) is 6.92 Å². The van der Waals surface area contributed by atoms with Crippen LogP contribution in [0.2, 0.25) is 0 Å². The van der Waals surface area contributed by atoms with Crippen LogP contribution in [0, 0.1) is 5.41 Å². The molecule has 2 rings (SSSR count). The van der Waals surface area contributed by atoms with Gasteiger partial charge in [-0.25, -0.2) is 0 Å². The Hall–Kier alpha value is -1.55. The molecule has 4 nitrogen and oxygen atoms in total. The van der Waals surface area contributed by atoms with Gasteiger partial charge in [0.2, 0.25) is 0 Å². The zero-order valence-corrected chi connectivity index (χ0v) is 11.8. The molecule has 1 aliphatic heterocycles. The summed E-state index contributed by atoms with van der Waals surface area (Å²) < 4.78 is 10.5. The Morgan fingerprint density at radius 1 is 1.21 bits per heavy atom. The van der Waals surface area contributed by atoms with Crippen molar-refractivity contribution in [1.29, 1.82) is 0 Å².